The second kappa shape index (κ2) is 12.1. The number of pyridine rings is 1. The predicted molar refractivity (Wildman–Crippen MR) is 160 cm³/mol. The largest absolute Gasteiger partial charge is 0.490 e. The fourth-order valence-electron chi connectivity index (χ4n) is 5.68. The maximum absolute atomic E-state index is 13.1. The third-order valence-electron chi connectivity index (χ3n) is 7.86. The van der Waals surface area contributed by atoms with Crippen LogP contribution >= 0.6 is 11.3 Å². The van der Waals surface area contributed by atoms with E-state index in [-0.39, 0.29) is 24.0 Å². The van der Waals surface area contributed by atoms with Gasteiger partial charge >= 0.3 is 0 Å². The Morgan fingerprint density at radius 2 is 1.80 bits per heavy atom. The van der Waals surface area contributed by atoms with Gasteiger partial charge in [-0.1, -0.05) is 0 Å². The topological polar surface area (TPSA) is 92.6 Å². The van der Waals surface area contributed by atoms with Crippen molar-refractivity contribution < 1.29 is 14.3 Å². The van der Waals surface area contributed by atoms with Crippen LogP contribution in [0.5, 0.6) is 5.75 Å². The summed E-state index contributed by atoms with van der Waals surface area (Å²) in [7, 11) is 0. The molecule has 0 unspecified atom stereocenters. The Kier molecular flexibility index (Phi) is 8.00. The van der Waals surface area contributed by atoms with Crippen LogP contribution in [0.2, 0.25) is 0 Å². The van der Waals surface area contributed by atoms with Gasteiger partial charge in [-0.2, -0.15) is 0 Å². The van der Waals surface area contributed by atoms with E-state index in [4.69, 9.17) is 9.72 Å². The third-order valence-corrected chi connectivity index (χ3v) is 8.64. The summed E-state index contributed by atoms with van der Waals surface area (Å²) in [5.41, 5.74) is 3.79. The predicted octanol–water partition coefficient (Wildman–Crippen LogP) is 5.37. The molecule has 212 valence electrons. The van der Waals surface area contributed by atoms with Gasteiger partial charge in [0, 0.05) is 75.6 Å². The summed E-state index contributed by atoms with van der Waals surface area (Å²) in [6.45, 7) is 4.68. The van der Waals surface area contributed by atoms with Gasteiger partial charge in [-0.15, -0.1) is 11.3 Å². The number of nitrogens with zero attached hydrogens (tertiary/aromatic N) is 5. The van der Waals surface area contributed by atoms with E-state index in [0.29, 0.717) is 17.4 Å². The van der Waals surface area contributed by atoms with Crippen LogP contribution in [0.25, 0.3) is 0 Å². The van der Waals surface area contributed by atoms with E-state index in [9.17, 15) is 9.59 Å². The minimum Gasteiger partial charge on any atom is -0.490 e. The van der Waals surface area contributed by atoms with Crippen LogP contribution in [0.4, 0.5) is 10.8 Å². The number of ether oxygens (including phenoxy) is 1. The highest BCUT2D eigenvalue weighted by atomic mass is 32.1. The first-order valence-electron chi connectivity index (χ1n) is 14.1. The molecule has 0 spiro atoms. The molecule has 2 saturated heterocycles. The highest BCUT2D eigenvalue weighted by Gasteiger charge is 2.29. The van der Waals surface area contributed by atoms with Crippen LogP contribution in [0.1, 0.15) is 60.4 Å². The van der Waals surface area contributed by atoms with Crippen molar-refractivity contribution in [2.45, 2.75) is 51.3 Å². The van der Waals surface area contributed by atoms with Gasteiger partial charge in [0.1, 0.15) is 17.5 Å². The number of aromatic nitrogens is 3. The molecule has 5 heterocycles. The van der Waals surface area contributed by atoms with Gasteiger partial charge in [0.05, 0.1) is 11.7 Å². The maximum Gasteiger partial charge on any atom is 0.274 e. The molecule has 6 rings (SSSR count). The molecule has 1 atom stereocenters. The van der Waals surface area contributed by atoms with Gasteiger partial charge in [-0.25, -0.2) is 4.98 Å². The Morgan fingerprint density at radius 1 is 1.02 bits per heavy atom. The zero-order valence-corrected chi connectivity index (χ0v) is 23.9. The maximum atomic E-state index is 13.1. The monoisotopic (exact) mass is 570 g/mol. The minimum absolute atomic E-state index is 0.134. The van der Waals surface area contributed by atoms with Crippen molar-refractivity contribution in [1.29, 1.82) is 0 Å². The number of likely N-dealkylation sites (tertiary alicyclic amines) is 1. The minimum atomic E-state index is -0.171. The lowest BCUT2D eigenvalue weighted by molar-refractivity contribution is -0.130. The van der Waals surface area contributed by atoms with Crippen molar-refractivity contribution >= 4 is 34.0 Å². The molecule has 41 heavy (non-hydrogen) atoms. The van der Waals surface area contributed by atoms with Crippen molar-refractivity contribution in [2.75, 3.05) is 29.9 Å². The number of anilines is 2. The third kappa shape index (κ3) is 6.27. The average molecular weight is 571 g/mol. The molecule has 0 radical (unpaired) electrons. The summed E-state index contributed by atoms with van der Waals surface area (Å²) in [6, 6.07) is 16.1. The Morgan fingerprint density at radius 3 is 2.56 bits per heavy atom. The summed E-state index contributed by atoms with van der Waals surface area (Å²) in [4.78, 5) is 37.8. The summed E-state index contributed by atoms with van der Waals surface area (Å²) >= 11 is 1.46. The van der Waals surface area contributed by atoms with Crippen molar-refractivity contribution in [1.82, 2.24) is 19.4 Å². The Balaban J connectivity index is 1.07. The highest BCUT2D eigenvalue weighted by molar-refractivity contribution is 7.14. The summed E-state index contributed by atoms with van der Waals surface area (Å²) in [5, 5.41) is 5.66. The van der Waals surface area contributed by atoms with Gasteiger partial charge < -0.3 is 19.1 Å². The second-order valence-corrected chi connectivity index (χ2v) is 11.4. The van der Waals surface area contributed by atoms with Crippen molar-refractivity contribution in [3.63, 3.8) is 0 Å². The first-order valence-corrected chi connectivity index (χ1v) is 15.0. The van der Waals surface area contributed by atoms with Gasteiger partial charge in [0.25, 0.3) is 5.91 Å². The molecule has 2 amide bonds. The second-order valence-electron chi connectivity index (χ2n) is 10.6. The molecule has 0 saturated carbocycles. The fourth-order valence-corrected chi connectivity index (χ4v) is 6.43. The van der Waals surface area contributed by atoms with Crippen LogP contribution in [0.15, 0.2) is 72.5 Å². The number of nitrogens with one attached hydrogen (secondary N) is 1. The number of rotatable bonds is 8. The molecule has 2 fully saturated rings. The van der Waals surface area contributed by atoms with Gasteiger partial charge in [-0.05, 0) is 66.9 Å². The quantitative estimate of drug-likeness (QED) is 0.306. The standard InChI is InChI=1S/C31H34N6O3S/c1-22(38)35-18-12-26(13-19-35)40-25-8-6-24(7-9-25)37-17-3-4-28(37)27-21-41-31(33-27)34-30(39)29-5-2-16-36(29)20-23-10-14-32-15-11-23/h2,5-11,14-16,21,26,28H,3-4,12-13,17-20H2,1H3,(H,33,34,39)/t28-/m1/s1. The molecule has 0 aliphatic carbocycles. The fraction of sp³-hybridized carbons (Fsp3) is 0.355. The average Bonchev–Trinajstić information content (AvgIpc) is 3.76. The van der Waals surface area contributed by atoms with Crippen LogP contribution in [-0.2, 0) is 11.3 Å². The summed E-state index contributed by atoms with van der Waals surface area (Å²) < 4.78 is 8.14. The van der Waals surface area contributed by atoms with Gasteiger partial charge in [-0.3, -0.25) is 19.9 Å². The molecule has 2 aliphatic rings. The summed E-state index contributed by atoms with van der Waals surface area (Å²) in [6.07, 6.45) is 9.37. The van der Waals surface area contributed by atoms with Crippen LogP contribution in [-0.4, -0.2) is 57.0 Å². The Bertz CT molecular complexity index is 1480. The Hall–Kier alpha value is -4.18. The lowest BCUT2D eigenvalue weighted by atomic mass is 10.1. The van der Waals surface area contributed by atoms with Crippen LogP contribution in [0.3, 0.4) is 0 Å². The lowest BCUT2D eigenvalue weighted by Gasteiger charge is -2.31. The number of benzene rings is 1. The first kappa shape index (κ1) is 27.0. The van der Waals surface area contributed by atoms with E-state index in [0.717, 1.165) is 68.0 Å². The van der Waals surface area contributed by atoms with Crippen LogP contribution in [0, 0.1) is 0 Å². The highest BCUT2D eigenvalue weighted by Crippen LogP contribution is 2.38. The van der Waals surface area contributed by atoms with Crippen molar-refractivity contribution in [3.8, 4) is 5.75 Å². The Labute approximate surface area is 243 Å². The number of hydrogen-bond acceptors (Lipinski definition) is 7. The number of carbonyl (C=O) groups is 2. The van der Waals surface area contributed by atoms with Crippen molar-refractivity contribution in [2.24, 2.45) is 0 Å². The molecular weight excluding hydrogens is 536 g/mol. The van der Waals surface area contributed by atoms with E-state index >= 15 is 0 Å². The van der Waals surface area contributed by atoms with E-state index in [1.54, 1.807) is 19.3 Å². The van der Waals surface area contributed by atoms with Gasteiger partial charge in [0.15, 0.2) is 5.13 Å². The number of hydrogen-bond donors (Lipinski definition) is 1. The van der Waals surface area contributed by atoms with E-state index < -0.39 is 0 Å². The first-order chi connectivity index (χ1) is 20.0. The molecule has 1 aromatic carbocycles. The number of amides is 2. The molecular formula is C31H34N6O3S. The molecule has 0 bridgehead atoms. The zero-order valence-electron chi connectivity index (χ0n) is 23.1. The SMILES string of the molecule is CC(=O)N1CCC(Oc2ccc(N3CCC[C@@H]3c3csc(NC(=O)c4cccn4Cc4ccncc4)n3)cc2)CC1. The van der Waals surface area contributed by atoms with Crippen LogP contribution < -0.4 is 15.0 Å². The molecule has 9 nitrogen and oxygen atoms in total. The van der Waals surface area contributed by atoms with E-state index in [2.05, 4.69) is 32.7 Å². The summed E-state index contributed by atoms with van der Waals surface area (Å²) in [5.74, 6) is 0.823. The van der Waals surface area contributed by atoms with Gasteiger partial charge in [0.2, 0.25) is 5.91 Å². The van der Waals surface area contributed by atoms with E-state index in [1.165, 1.54) is 11.3 Å². The number of piperidine rings is 1. The number of carbonyl (C=O) groups excluding carboxylic acids is 2. The molecule has 2 aliphatic heterocycles. The molecule has 1 N–H and O–H groups in total. The number of thiazole rings is 1. The van der Waals surface area contributed by atoms with E-state index in [1.807, 2.05) is 52.1 Å². The lowest BCUT2D eigenvalue weighted by Crippen LogP contribution is -2.40. The zero-order chi connectivity index (χ0) is 28.2. The smallest absolute Gasteiger partial charge is 0.274 e. The normalized spacial score (nSPS) is 17.5. The van der Waals surface area contributed by atoms with Crippen molar-refractivity contribution in [3.05, 3.63) is 89.5 Å². The molecule has 4 aromatic rings. The molecule has 3 aromatic heterocycles. The molecule has 10 heteroatoms.